The molecule has 0 aliphatic carbocycles. The van der Waals surface area contributed by atoms with E-state index in [4.69, 9.17) is 0 Å². The van der Waals surface area contributed by atoms with Crippen LogP contribution in [-0.2, 0) is 11.3 Å². The van der Waals surface area contributed by atoms with Crippen molar-refractivity contribution in [1.29, 1.82) is 0 Å². The molecule has 1 atom stereocenters. The number of hydrogen-bond acceptors (Lipinski definition) is 4. The molecule has 130 valence electrons. The molecule has 0 fully saturated rings. The van der Waals surface area contributed by atoms with Gasteiger partial charge in [-0.05, 0) is 29.5 Å². The van der Waals surface area contributed by atoms with Crippen LogP contribution in [0, 0.1) is 5.92 Å². The topological polar surface area (TPSA) is 75.5 Å². The van der Waals surface area contributed by atoms with E-state index in [1.165, 1.54) is 11.3 Å². The summed E-state index contributed by atoms with van der Waals surface area (Å²) in [5.41, 5.74) is 1.60. The normalized spacial score (nSPS) is 12.3. The number of carbonyl (C=O) groups excluding carboxylic acids is 2. The molecule has 0 aliphatic rings. The smallest absolute Gasteiger partial charge is 0.262 e. The van der Waals surface area contributed by atoms with Crippen LogP contribution in [0.4, 0.5) is 0 Å². The summed E-state index contributed by atoms with van der Waals surface area (Å²) in [7, 11) is 0. The van der Waals surface area contributed by atoms with Crippen molar-refractivity contribution in [2.45, 2.75) is 26.4 Å². The van der Waals surface area contributed by atoms with Crippen LogP contribution in [0.5, 0.6) is 0 Å². The summed E-state index contributed by atoms with van der Waals surface area (Å²) in [6.45, 7) is 4.13. The maximum absolute atomic E-state index is 12.5. The Kier molecular flexibility index (Phi) is 5.14. The summed E-state index contributed by atoms with van der Waals surface area (Å²) in [6.07, 6.45) is 3.79. The fourth-order valence-corrected chi connectivity index (χ4v) is 3.14. The highest BCUT2D eigenvalue weighted by Gasteiger charge is 2.24. The second-order valence-corrected chi connectivity index (χ2v) is 7.04. The number of fused-ring (bicyclic) bond motifs is 1. The summed E-state index contributed by atoms with van der Waals surface area (Å²) in [5.74, 6) is -0.460. The van der Waals surface area contributed by atoms with E-state index in [-0.39, 0.29) is 17.7 Å². The summed E-state index contributed by atoms with van der Waals surface area (Å²) in [5, 5.41) is 7.52. The SMILES string of the molecule is CC(C)[C@H](NC(=O)c1cccs1)C(=O)NCc1cn2ccccc2n1. The monoisotopic (exact) mass is 356 g/mol. The van der Waals surface area contributed by atoms with Crippen LogP contribution in [0.25, 0.3) is 5.65 Å². The number of carbonyl (C=O) groups is 2. The molecule has 0 aromatic carbocycles. The molecule has 0 spiro atoms. The average molecular weight is 356 g/mol. The number of rotatable bonds is 6. The predicted molar refractivity (Wildman–Crippen MR) is 97.4 cm³/mol. The zero-order valence-electron chi connectivity index (χ0n) is 14.1. The molecule has 3 aromatic heterocycles. The Morgan fingerprint density at radius 2 is 2.08 bits per heavy atom. The van der Waals surface area contributed by atoms with Crippen molar-refractivity contribution >= 4 is 28.8 Å². The predicted octanol–water partition coefficient (Wildman–Crippen LogP) is 2.47. The first kappa shape index (κ1) is 17.2. The lowest BCUT2D eigenvalue weighted by Crippen LogP contribution is -2.49. The molecule has 2 amide bonds. The second kappa shape index (κ2) is 7.48. The van der Waals surface area contributed by atoms with Crippen LogP contribution in [0.3, 0.4) is 0 Å². The summed E-state index contributed by atoms with van der Waals surface area (Å²) < 4.78 is 1.90. The van der Waals surface area contributed by atoms with Gasteiger partial charge in [0.15, 0.2) is 0 Å². The number of imidazole rings is 1. The molecule has 3 heterocycles. The molecule has 25 heavy (non-hydrogen) atoms. The molecule has 0 bridgehead atoms. The van der Waals surface area contributed by atoms with Gasteiger partial charge in [-0.2, -0.15) is 0 Å². The van der Waals surface area contributed by atoms with Gasteiger partial charge >= 0.3 is 0 Å². The molecular formula is C18H20N4O2S. The van der Waals surface area contributed by atoms with Crippen LogP contribution in [-0.4, -0.2) is 27.2 Å². The van der Waals surface area contributed by atoms with E-state index in [1.54, 1.807) is 6.07 Å². The average Bonchev–Trinajstić information content (AvgIpc) is 3.25. The van der Waals surface area contributed by atoms with Crippen molar-refractivity contribution in [2.75, 3.05) is 0 Å². The molecule has 2 N–H and O–H groups in total. The standard InChI is InChI=1S/C18H20N4O2S/c1-12(2)16(21-17(23)14-6-5-9-25-14)18(24)19-10-13-11-22-8-4-3-7-15(22)20-13/h3-9,11-12,16H,10H2,1-2H3,(H,19,24)(H,21,23)/t16-/m0/s1. The molecule has 6 nitrogen and oxygen atoms in total. The van der Waals surface area contributed by atoms with Gasteiger partial charge in [0.05, 0.1) is 17.1 Å². The highest BCUT2D eigenvalue weighted by molar-refractivity contribution is 7.12. The minimum Gasteiger partial charge on any atom is -0.349 e. The number of hydrogen-bond donors (Lipinski definition) is 2. The maximum Gasteiger partial charge on any atom is 0.262 e. The van der Waals surface area contributed by atoms with Gasteiger partial charge in [-0.3, -0.25) is 9.59 Å². The zero-order chi connectivity index (χ0) is 17.8. The molecule has 0 aliphatic heterocycles. The van der Waals surface area contributed by atoms with Crippen LogP contribution < -0.4 is 10.6 Å². The lowest BCUT2D eigenvalue weighted by atomic mass is 10.0. The highest BCUT2D eigenvalue weighted by Crippen LogP contribution is 2.11. The van der Waals surface area contributed by atoms with Crippen molar-refractivity contribution < 1.29 is 9.59 Å². The Balaban J connectivity index is 1.63. The molecule has 0 radical (unpaired) electrons. The molecule has 3 rings (SSSR count). The van der Waals surface area contributed by atoms with E-state index in [1.807, 2.05) is 60.3 Å². The Bertz CT molecular complexity index is 837. The third-order valence-electron chi connectivity index (χ3n) is 3.84. The minimum absolute atomic E-state index is 0.0232. The fraction of sp³-hybridized carbons (Fsp3) is 0.278. The number of aromatic nitrogens is 2. The zero-order valence-corrected chi connectivity index (χ0v) is 14.9. The first-order valence-corrected chi connectivity index (χ1v) is 8.97. The number of thiophene rings is 1. The molecule has 0 unspecified atom stereocenters. The molecule has 0 saturated heterocycles. The number of pyridine rings is 1. The number of nitrogens with zero attached hydrogens (tertiary/aromatic N) is 2. The largest absolute Gasteiger partial charge is 0.349 e. The lowest BCUT2D eigenvalue weighted by Gasteiger charge is -2.21. The van der Waals surface area contributed by atoms with Crippen molar-refractivity contribution in [3.8, 4) is 0 Å². The van der Waals surface area contributed by atoms with E-state index in [0.29, 0.717) is 11.4 Å². The van der Waals surface area contributed by atoms with E-state index >= 15 is 0 Å². The maximum atomic E-state index is 12.5. The third-order valence-corrected chi connectivity index (χ3v) is 4.71. The fourth-order valence-electron chi connectivity index (χ4n) is 2.52. The van der Waals surface area contributed by atoms with E-state index in [9.17, 15) is 9.59 Å². The third kappa shape index (κ3) is 4.06. The highest BCUT2D eigenvalue weighted by atomic mass is 32.1. The molecule has 3 aromatic rings. The van der Waals surface area contributed by atoms with Gasteiger partial charge in [-0.15, -0.1) is 11.3 Å². The second-order valence-electron chi connectivity index (χ2n) is 6.09. The Labute approximate surface area is 149 Å². The quantitative estimate of drug-likeness (QED) is 0.712. The van der Waals surface area contributed by atoms with Crippen LogP contribution in [0.1, 0.15) is 29.2 Å². The minimum atomic E-state index is -0.591. The summed E-state index contributed by atoms with van der Waals surface area (Å²) in [6, 6.07) is 8.71. The van der Waals surface area contributed by atoms with Gasteiger partial charge in [0, 0.05) is 12.4 Å². The van der Waals surface area contributed by atoms with Gasteiger partial charge < -0.3 is 15.0 Å². The molecule has 0 saturated carbocycles. The first-order chi connectivity index (χ1) is 12.0. The summed E-state index contributed by atoms with van der Waals surface area (Å²) >= 11 is 1.35. The molecular weight excluding hydrogens is 336 g/mol. The van der Waals surface area contributed by atoms with Crippen molar-refractivity contribution in [1.82, 2.24) is 20.0 Å². The van der Waals surface area contributed by atoms with Gasteiger partial charge in [0.2, 0.25) is 5.91 Å². The number of amides is 2. The lowest BCUT2D eigenvalue weighted by molar-refractivity contribution is -0.124. The molecule has 7 heteroatoms. The van der Waals surface area contributed by atoms with Gasteiger partial charge in [-0.25, -0.2) is 4.98 Å². The Morgan fingerprint density at radius 1 is 1.24 bits per heavy atom. The number of nitrogens with one attached hydrogen (secondary N) is 2. The van der Waals surface area contributed by atoms with Gasteiger partial charge in [-0.1, -0.05) is 26.0 Å². The Hall–Kier alpha value is -2.67. The van der Waals surface area contributed by atoms with E-state index in [2.05, 4.69) is 15.6 Å². The van der Waals surface area contributed by atoms with Gasteiger partial charge in [0.25, 0.3) is 5.91 Å². The van der Waals surface area contributed by atoms with Crippen molar-refractivity contribution in [3.05, 3.63) is 58.7 Å². The summed E-state index contributed by atoms with van der Waals surface area (Å²) in [4.78, 5) is 29.8. The van der Waals surface area contributed by atoms with Crippen molar-refractivity contribution in [3.63, 3.8) is 0 Å². The first-order valence-electron chi connectivity index (χ1n) is 8.09. The Morgan fingerprint density at radius 3 is 2.76 bits per heavy atom. The van der Waals surface area contributed by atoms with Crippen molar-refractivity contribution in [2.24, 2.45) is 5.92 Å². The van der Waals surface area contributed by atoms with Crippen LogP contribution in [0.15, 0.2) is 48.1 Å². The van der Waals surface area contributed by atoms with Crippen LogP contribution in [0.2, 0.25) is 0 Å². The van der Waals surface area contributed by atoms with E-state index in [0.717, 1.165) is 11.3 Å². The van der Waals surface area contributed by atoms with Crippen LogP contribution >= 0.6 is 11.3 Å². The van der Waals surface area contributed by atoms with E-state index < -0.39 is 6.04 Å². The van der Waals surface area contributed by atoms with Gasteiger partial charge in [0.1, 0.15) is 11.7 Å².